The van der Waals surface area contributed by atoms with E-state index in [9.17, 15) is 9.59 Å². The molecule has 0 unspecified atom stereocenters. The van der Waals surface area contributed by atoms with Gasteiger partial charge in [-0.1, -0.05) is 0 Å². The molecule has 0 aliphatic carbocycles. The van der Waals surface area contributed by atoms with Crippen LogP contribution in [0.5, 0.6) is 0 Å². The third kappa shape index (κ3) is 3.55. The monoisotopic (exact) mass is 308 g/mol. The molecule has 1 aromatic rings. The Labute approximate surface area is 130 Å². The first-order valence-corrected chi connectivity index (χ1v) is 7.58. The molecule has 0 saturated carbocycles. The summed E-state index contributed by atoms with van der Waals surface area (Å²) in [7, 11) is 0. The van der Waals surface area contributed by atoms with Gasteiger partial charge in [0.1, 0.15) is 5.82 Å². The van der Waals surface area contributed by atoms with Crippen LogP contribution in [0, 0.1) is 6.92 Å². The third-order valence-corrected chi connectivity index (χ3v) is 3.63. The van der Waals surface area contributed by atoms with Crippen molar-refractivity contribution < 1.29 is 9.59 Å². The molecule has 0 bridgehead atoms. The van der Waals surface area contributed by atoms with Crippen molar-refractivity contribution in [2.45, 2.75) is 59.2 Å². The quantitative estimate of drug-likeness (QED) is 0.877. The van der Waals surface area contributed by atoms with E-state index in [0.717, 1.165) is 5.82 Å². The average molecular weight is 308 g/mol. The molecule has 2 N–H and O–H groups in total. The molecular weight excluding hydrogens is 284 g/mol. The van der Waals surface area contributed by atoms with Crippen LogP contribution in [0.15, 0.2) is 0 Å². The fraction of sp³-hybridized carbons (Fsp3) is 0.714. The molecule has 122 valence electrons. The lowest BCUT2D eigenvalue weighted by molar-refractivity contribution is -0.129. The first-order valence-electron chi connectivity index (χ1n) is 7.58. The minimum absolute atomic E-state index is 0.0679. The van der Waals surface area contributed by atoms with Crippen molar-refractivity contribution in [3.8, 4) is 0 Å². The minimum atomic E-state index is -0.385. The molecule has 8 nitrogen and oxygen atoms in total. The summed E-state index contributed by atoms with van der Waals surface area (Å²) >= 11 is 0. The maximum atomic E-state index is 12.0. The highest BCUT2D eigenvalue weighted by atomic mass is 16.2. The first-order chi connectivity index (χ1) is 10.3. The fourth-order valence-electron chi connectivity index (χ4n) is 2.59. The van der Waals surface area contributed by atoms with Crippen molar-refractivity contribution in [3.63, 3.8) is 0 Å². The van der Waals surface area contributed by atoms with Crippen molar-refractivity contribution in [1.82, 2.24) is 25.0 Å². The number of rotatable bonds is 4. The number of nitrogens with zero attached hydrogens (tertiary/aromatic N) is 4. The van der Waals surface area contributed by atoms with Crippen LogP contribution in [0.4, 0.5) is 10.7 Å². The summed E-state index contributed by atoms with van der Waals surface area (Å²) in [5.41, 5.74) is 0. The lowest BCUT2D eigenvalue weighted by Gasteiger charge is -2.21. The molecule has 1 aliphatic heterocycles. The summed E-state index contributed by atoms with van der Waals surface area (Å²) in [6.45, 7) is 10.3. The predicted molar refractivity (Wildman–Crippen MR) is 82.6 cm³/mol. The van der Waals surface area contributed by atoms with Gasteiger partial charge in [-0.3, -0.25) is 10.1 Å². The van der Waals surface area contributed by atoms with Gasteiger partial charge in [-0.05, 0) is 34.6 Å². The second-order valence-corrected chi connectivity index (χ2v) is 6.16. The highest BCUT2D eigenvalue weighted by Gasteiger charge is 2.32. The zero-order valence-corrected chi connectivity index (χ0v) is 13.8. The van der Waals surface area contributed by atoms with Crippen molar-refractivity contribution in [1.29, 1.82) is 0 Å². The van der Waals surface area contributed by atoms with Crippen LogP contribution in [0.25, 0.3) is 0 Å². The van der Waals surface area contributed by atoms with E-state index in [1.165, 1.54) is 0 Å². The molecule has 1 atom stereocenters. The molecule has 8 heteroatoms. The van der Waals surface area contributed by atoms with Gasteiger partial charge in [0.25, 0.3) is 0 Å². The van der Waals surface area contributed by atoms with E-state index < -0.39 is 0 Å². The number of urea groups is 1. The molecule has 0 radical (unpaired) electrons. The minimum Gasteiger partial charge on any atom is -0.338 e. The molecule has 0 spiro atoms. The average Bonchev–Trinajstić information content (AvgIpc) is 2.92. The Morgan fingerprint density at radius 3 is 2.45 bits per heavy atom. The predicted octanol–water partition coefficient (Wildman–Crippen LogP) is 1.30. The van der Waals surface area contributed by atoms with Gasteiger partial charge in [0.15, 0.2) is 0 Å². The summed E-state index contributed by atoms with van der Waals surface area (Å²) in [6.07, 6.45) is 0.332. The Kier molecular flexibility index (Phi) is 4.68. The third-order valence-electron chi connectivity index (χ3n) is 3.63. The summed E-state index contributed by atoms with van der Waals surface area (Å²) in [6, 6.07) is -0.237. The van der Waals surface area contributed by atoms with Crippen LogP contribution in [0.2, 0.25) is 0 Å². The number of aryl methyl sites for hydroxylation is 1. The maximum Gasteiger partial charge on any atom is 0.321 e. The van der Waals surface area contributed by atoms with Crippen LogP contribution in [-0.2, 0) is 4.79 Å². The summed E-state index contributed by atoms with van der Waals surface area (Å²) in [5, 5.41) is 9.66. The van der Waals surface area contributed by atoms with Gasteiger partial charge in [-0.25, -0.2) is 9.48 Å². The van der Waals surface area contributed by atoms with E-state index in [2.05, 4.69) is 20.7 Å². The highest BCUT2D eigenvalue weighted by Crippen LogP contribution is 2.14. The van der Waals surface area contributed by atoms with E-state index in [1.807, 2.05) is 34.6 Å². The van der Waals surface area contributed by atoms with Crippen LogP contribution < -0.4 is 10.6 Å². The number of nitrogens with one attached hydrogen (secondary N) is 2. The molecule has 0 aromatic carbocycles. The van der Waals surface area contributed by atoms with Crippen molar-refractivity contribution >= 4 is 17.9 Å². The van der Waals surface area contributed by atoms with Gasteiger partial charge in [0.05, 0.1) is 6.04 Å². The lowest BCUT2D eigenvalue weighted by atomic mass is 10.2. The largest absolute Gasteiger partial charge is 0.338 e. The van der Waals surface area contributed by atoms with E-state index in [-0.39, 0.29) is 36.0 Å². The van der Waals surface area contributed by atoms with Crippen molar-refractivity contribution in [2.24, 2.45) is 0 Å². The second kappa shape index (κ2) is 6.33. The Bertz CT molecular complexity index is 566. The zero-order valence-electron chi connectivity index (χ0n) is 13.8. The van der Waals surface area contributed by atoms with Crippen LogP contribution >= 0.6 is 0 Å². The standard InChI is InChI=1S/C14H24N6O2/c1-8(2)19-7-11(6-12(19)21)16-14(22)17-13-15-10(5)20(18-13)9(3)4/h8-9,11H,6-7H2,1-5H3,(H2,16,17,18,22)/t11-/m0/s1. The van der Waals surface area contributed by atoms with Gasteiger partial charge < -0.3 is 10.2 Å². The first kappa shape index (κ1) is 16.3. The topological polar surface area (TPSA) is 92.2 Å². The molecule has 1 aliphatic rings. The number of hydrogen-bond donors (Lipinski definition) is 2. The molecule has 2 heterocycles. The van der Waals surface area contributed by atoms with Gasteiger partial charge >= 0.3 is 6.03 Å². The van der Waals surface area contributed by atoms with Crippen molar-refractivity contribution in [2.75, 3.05) is 11.9 Å². The van der Waals surface area contributed by atoms with E-state index in [1.54, 1.807) is 9.58 Å². The number of hydrogen-bond acceptors (Lipinski definition) is 4. The summed E-state index contributed by atoms with van der Waals surface area (Å²) < 4.78 is 1.75. The van der Waals surface area contributed by atoms with E-state index in [4.69, 9.17) is 0 Å². The molecular formula is C14H24N6O2. The molecule has 1 aromatic heterocycles. The molecule has 3 amide bonds. The van der Waals surface area contributed by atoms with Crippen molar-refractivity contribution in [3.05, 3.63) is 5.82 Å². The number of aromatic nitrogens is 3. The Morgan fingerprint density at radius 1 is 1.27 bits per heavy atom. The lowest BCUT2D eigenvalue weighted by Crippen LogP contribution is -2.41. The smallest absolute Gasteiger partial charge is 0.321 e. The SMILES string of the molecule is Cc1nc(NC(=O)N[C@H]2CC(=O)N(C(C)C)C2)nn1C(C)C. The van der Waals surface area contributed by atoms with Gasteiger partial charge in [-0.15, -0.1) is 5.10 Å². The van der Waals surface area contributed by atoms with E-state index in [0.29, 0.717) is 13.0 Å². The molecule has 22 heavy (non-hydrogen) atoms. The number of likely N-dealkylation sites (tertiary alicyclic amines) is 1. The van der Waals surface area contributed by atoms with Crippen LogP contribution in [0.3, 0.4) is 0 Å². The normalized spacial score (nSPS) is 18.4. The maximum absolute atomic E-state index is 12.0. The second-order valence-electron chi connectivity index (χ2n) is 6.16. The zero-order chi connectivity index (χ0) is 16.4. The summed E-state index contributed by atoms with van der Waals surface area (Å²) in [5.74, 6) is 1.08. The molecule has 2 rings (SSSR count). The van der Waals surface area contributed by atoms with Crippen LogP contribution in [-0.4, -0.2) is 50.2 Å². The number of carbonyl (C=O) groups excluding carboxylic acids is 2. The molecule has 1 saturated heterocycles. The van der Waals surface area contributed by atoms with Crippen LogP contribution in [0.1, 0.15) is 46.0 Å². The number of anilines is 1. The summed E-state index contributed by atoms with van der Waals surface area (Å²) in [4.78, 5) is 29.8. The fourth-order valence-corrected chi connectivity index (χ4v) is 2.59. The number of carbonyl (C=O) groups is 2. The molecule has 1 fully saturated rings. The highest BCUT2D eigenvalue weighted by molar-refractivity contribution is 5.88. The van der Waals surface area contributed by atoms with Gasteiger partial charge in [-0.2, -0.15) is 4.98 Å². The van der Waals surface area contributed by atoms with Gasteiger partial charge in [0, 0.05) is 25.0 Å². The Balaban J connectivity index is 1.91. The Hall–Kier alpha value is -2.12. The number of amides is 3. The Morgan fingerprint density at radius 2 is 1.95 bits per heavy atom. The van der Waals surface area contributed by atoms with E-state index >= 15 is 0 Å². The van der Waals surface area contributed by atoms with Gasteiger partial charge in [0.2, 0.25) is 11.9 Å².